The van der Waals surface area contributed by atoms with Gasteiger partial charge in [-0.3, -0.25) is 14.4 Å². The van der Waals surface area contributed by atoms with Crippen LogP contribution in [0.1, 0.15) is 46.1 Å². The Morgan fingerprint density at radius 1 is 0.943 bits per heavy atom. The van der Waals surface area contributed by atoms with Gasteiger partial charge in [0, 0.05) is 6.42 Å². The van der Waals surface area contributed by atoms with Gasteiger partial charge in [0.2, 0.25) is 17.7 Å². The van der Waals surface area contributed by atoms with Gasteiger partial charge in [-0.2, -0.15) is 11.8 Å². The molecule has 3 amide bonds. The number of aliphatic carboxylic acids is 1. The molecule has 0 saturated heterocycles. The smallest absolute Gasteiger partial charge is 0.326 e. The first-order valence-corrected chi connectivity index (χ1v) is 13.3. The third kappa shape index (κ3) is 10.3. The Labute approximate surface area is 212 Å². The fraction of sp³-hybridized carbons (Fsp3) is 0.600. The van der Waals surface area contributed by atoms with Gasteiger partial charge in [0.05, 0.1) is 6.04 Å². The monoisotopic (exact) mass is 508 g/mol. The second kappa shape index (κ2) is 15.4. The molecule has 1 aromatic carbocycles. The van der Waals surface area contributed by atoms with Crippen LogP contribution < -0.4 is 21.7 Å². The number of nitrogens with two attached hydrogens (primary N) is 1. The van der Waals surface area contributed by atoms with Gasteiger partial charge in [0.1, 0.15) is 18.1 Å². The third-order valence-electron chi connectivity index (χ3n) is 5.95. The molecular formula is C25H40N4O5S. The lowest BCUT2D eigenvalue weighted by molar-refractivity contribution is -0.142. The van der Waals surface area contributed by atoms with Gasteiger partial charge in [0.25, 0.3) is 0 Å². The van der Waals surface area contributed by atoms with Gasteiger partial charge < -0.3 is 26.8 Å². The molecule has 9 nitrogen and oxygen atoms in total. The minimum absolute atomic E-state index is 0.0586. The summed E-state index contributed by atoms with van der Waals surface area (Å²) in [5, 5.41) is 17.5. The summed E-state index contributed by atoms with van der Waals surface area (Å²) in [5.41, 5.74) is 6.83. The molecule has 0 fully saturated rings. The van der Waals surface area contributed by atoms with Crippen molar-refractivity contribution in [2.45, 2.75) is 71.1 Å². The highest BCUT2D eigenvalue weighted by Gasteiger charge is 2.32. The lowest BCUT2D eigenvalue weighted by atomic mass is 9.97. The highest BCUT2D eigenvalue weighted by molar-refractivity contribution is 7.98. The lowest BCUT2D eigenvalue weighted by Gasteiger charge is -2.28. The maximum Gasteiger partial charge on any atom is 0.326 e. The molecule has 196 valence electrons. The summed E-state index contributed by atoms with van der Waals surface area (Å²) in [4.78, 5) is 50.6. The molecule has 0 radical (unpaired) electrons. The summed E-state index contributed by atoms with van der Waals surface area (Å²) in [6.45, 7) is 7.37. The quantitative estimate of drug-likeness (QED) is 0.241. The van der Waals surface area contributed by atoms with Crippen molar-refractivity contribution in [3.8, 4) is 0 Å². The molecule has 0 aliphatic rings. The second-order valence-corrected chi connectivity index (χ2v) is 10.1. The zero-order valence-corrected chi connectivity index (χ0v) is 22.1. The van der Waals surface area contributed by atoms with Crippen LogP contribution in [0, 0.1) is 11.8 Å². The summed E-state index contributed by atoms with van der Waals surface area (Å²) < 4.78 is 0. The lowest BCUT2D eigenvalue weighted by Crippen LogP contribution is -2.59. The number of carboxylic acid groups (broad SMARTS) is 1. The number of rotatable bonds is 15. The number of benzene rings is 1. The molecule has 0 aliphatic heterocycles. The Balaban J connectivity index is 3.08. The van der Waals surface area contributed by atoms with Crippen molar-refractivity contribution in [2.75, 3.05) is 12.0 Å². The highest BCUT2D eigenvalue weighted by atomic mass is 32.2. The number of hydrogen-bond donors (Lipinski definition) is 5. The molecule has 0 saturated carbocycles. The van der Waals surface area contributed by atoms with Crippen molar-refractivity contribution in [3.63, 3.8) is 0 Å². The standard InChI is InChI=1S/C25H40N4O5S/c1-6-16(4)20(26)23(31)29-21(15(2)3)24(32)28-19(14-17-10-8-7-9-11-17)22(30)27-18(25(33)34)12-13-35-5/h7-11,15-16,18-21H,6,12-14,26H2,1-5H3,(H,27,30)(H,28,32)(H,29,31)(H,33,34). The molecule has 6 N–H and O–H groups in total. The van der Waals surface area contributed by atoms with E-state index in [4.69, 9.17) is 5.73 Å². The van der Waals surface area contributed by atoms with Crippen molar-refractivity contribution in [1.29, 1.82) is 0 Å². The molecular weight excluding hydrogens is 468 g/mol. The minimum atomic E-state index is -1.14. The minimum Gasteiger partial charge on any atom is -0.480 e. The molecule has 5 unspecified atom stereocenters. The summed E-state index contributed by atoms with van der Waals surface area (Å²) in [5.74, 6) is -2.46. The summed E-state index contributed by atoms with van der Waals surface area (Å²) in [7, 11) is 0. The van der Waals surface area contributed by atoms with E-state index in [0.717, 1.165) is 5.56 Å². The van der Waals surface area contributed by atoms with E-state index in [1.165, 1.54) is 11.8 Å². The predicted molar refractivity (Wildman–Crippen MR) is 139 cm³/mol. The second-order valence-electron chi connectivity index (χ2n) is 9.07. The Hall–Kier alpha value is -2.59. The molecule has 0 aliphatic carbocycles. The van der Waals surface area contributed by atoms with E-state index in [-0.39, 0.29) is 24.7 Å². The zero-order chi connectivity index (χ0) is 26.5. The Morgan fingerprint density at radius 3 is 2.06 bits per heavy atom. The normalized spacial score (nSPS) is 15.4. The Morgan fingerprint density at radius 2 is 1.54 bits per heavy atom. The summed E-state index contributed by atoms with van der Waals surface area (Å²) in [6.07, 6.45) is 2.99. The maximum absolute atomic E-state index is 13.2. The third-order valence-corrected chi connectivity index (χ3v) is 6.59. The van der Waals surface area contributed by atoms with Crippen molar-refractivity contribution < 1.29 is 24.3 Å². The van der Waals surface area contributed by atoms with E-state index in [1.54, 1.807) is 13.8 Å². The van der Waals surface area contributed by atoms with Gasteiger partial charge in [0.15, 0.2) is 0 Å². The van der Waals surface area contributed by atoms with E-state index in [9.17, 15) is 24.3 Å². The van der Waals surface area contributed by atoms with Crippen LogP contribution in [0.15, 0.2) is 30.3 Å². The van der Waals surface area contributed by atoms with Gasteiger partial charge in [-0.1, -0.05) is 64.4 Å². The first-order chi connectivity index (χ1) is 16.5. The van der Waals surface area contributed by atoms with Crippen LogP contribution in [-0.4, -0.2) is 65.0 Å². The van der Waals surface area contributed by atoms with Crippen LogP contribution in [0.2, 0.25) is 0 Å². The van der Waals surface area contributed by atoms with Crippen LogP contribution in [0.3, 0.4) is 0 Å². The Kier molecular flexibility index (Phi) is 13.4. The maximum atomic E-state index is 13.2. The fourth-order valence-electron chi connectivity index (χ4n) is 3.38. The number of thioether (sulfide) groups is 1. The Bertz CT molecular complexity index is 836. The number of amides is 3. The van der Waals surface area contributed by atoms with Gasteiger partial charge in [-0.15, -0.1) is 0 Å². The van der Waals surface area contributed by atoms with E-state index in [1.807, 2.05) is 50.4 Å². The first-order valence-electron chi connectivity index (χ1n) is 11.9. The number of carbonyl (C=O) groups is 4. The van der Waals surface area contributed by atoms with Crippen LogP contribution in [0.4, 0.5) is 0 Å². The SMILES string of the molecule is CCC(C)C(N)C(=O)NC(C(=O)NC(Cc1ccccc1)C(=O)NC(CCSC)C(=O)O)C(C)C. The molecule has 1 aromatic rings. The van der Waals surface area contributed by atoms with Crippen LogP contribution in [0.5, 0.6) is 0 Å². The fourth-order valence-corrected chi connectivity index (χ4v) is 3.85. The van der Waals surface area contributed by atoms with Gasteiger partial charge in [-0.05, 0) is 35.8 Å². The van der Waals surface area contributed by atoms with Crippen LogP contribution >= 0.6 is 11.8 Å². The number of carbonyl (C=O) groups excluding carboxylic acids is 3. The molecule has 1 rings (SSSR count). The largest absolute Gasteiger partial charge is 0.480 e. The van der Waals surface area contributed by atoms with Gasteiger partial charge in [-0.25, -0.2) is 4.79 Å². The molecule has 0 heterocycles. The average molecular weight is 509 g/mol. The van der Waals surface area contributed by atoms with Gasteiger partial charge >= 0.3 is 5.97 Å². The zero-order valence-electron chi connectivity index (χ0n) is 21.2. The topological polar surface area (TPSA) is 151 Å². The number of hydrogen-bond acceptors (Lipinski definition) is 6. The molecule has 0 aromatic heterocycles. The van der Waals surface area contributed by atoms with Crippen LogP contribution in [-0.2, 0) is 25.6 Å². The predicted octanol–water partition coefficient (Wildman–Crippen LogP) is 1.55. The van der Waals surface area contributed by atoms with Crippen molar-refractivity contribution >= 4 is 35.5 Å². The van der Waals surface area contributed by atoms with E-state index < -0.39 is 47.9 Å². The molecule has 0 spiro atoms. The van der Waals surface area contributed by atoms with E-state index in [2.05, 4.69) is 16.0 Å². The van der Waals surface area contributed by atoms with E-state index in [0.29, 0.717) is 12.2 Å². The van der Waals surface area contributed by atoms with Crippen molar-refractivity contribution in [2.24, 2.45) is 17.6 Å². The first kappa shape index (κ1) is 30.4. The highest BCUT2D eigenvalue weighted by Crippen LogP contribution is 2.10. The van der Waals surface area contributed by atoms with E-state index >= 15 is 0 Å². The number of nitrogens with one attached hydrogen (secondary N) is 3. The van der Waals surface area contributed by atoms with Crippen molar-refractivity contribution in [1.82, 2.24) is 16.0 Å². The van der Waals surface area contributed by atoms with Crippen molar-refractivity contribution in [3.05, 3.63) is 35.9 Å². The summed E-state index contributed by atoms with van der Waals surface area (Å²) in [6, 6.07) is 5.35. The summed E-state index contributed by atoms with van der Waals surface area (Å²) >= 11 is 1.48. The molecule has 10 heteroatoms. The number of carboxylic acids is 1. The molecule has 5 atom stereocenters. The molecule has 35 heavy (non-hydrogen) atoms. The van der Waals surface area contributed by atoms with Crippen LogP contribution in [0.25, 0.3) is 0 Å². The molecule has 0 bridgehead atoms. The average Bonchev–Trinajstić information content (AvgIpc) is 2.83.